The molecule has 2 aromatic rings. The highest BCUT2D eigenvalue weighted by molar-refractivity contribution is 9.10. The molecule has 0 atom stereocenters. The summed E-state index contributed by atoms with van der Waals surface area (Å²) in [4.78, 5) is 0. The highest BCUT2D eigenvalue weighted by Crippen LogP contribution is 2.17. The molecule has 0 spiro atoms. The zero-order valence-corrected chi connectivity index (χ0v) is 7.63. The lowest BCUT2D eigenvalue weighted by Gasteiger charge is -1.83. The molecule has 1 aromatic heterocycles. The van der Waals surface area contributed by atoms with E-state index in [9.17, 15) is 0 Å². The van der Waals surface area contributed by atoms with E-state index in [0.29, 0.717) is 0 Å². The van der Waals surface area contributed by atoms with Gasteiger partial charge in [0.15, 0.2) is 7.05 Å². The number of benzene rings is 1. The average Bonchev–Trinajstić information content (AvgIpc) is 2.27. The molecule has 3 heteroatoms. The summed E-state index contributed by atoms with van der Waals surface area (Å²) >= 11 is 3.37. The van der Waals surface area contributed by atoms with Crippen LogP contribution in [0, 0.1) is 0 Å². The standard InChI is InChI=1S/C8H7BrNO/c1-10-5-6-2-3-7(9)4-8(6)11-10/h2-5H,1H3/q+1. The Hall–Kier alpha value is -0.830. The third-order valence-corrected chi connectivity index (χ3v) is 2.03. The summed E-state index contributed by atoms with van der Waals surface area (Å²) < 4.78 is 8.07. The van der Waals surface area contributed by atoms with Crippen LogP contribution in [0.15, 0.2) is 33.4 Å². The van der Waals surface area contributed by atoms with E-state index in [1.54, 1.807) is 4.74 Å². The summed E-state index contributed by atoms with van der Waals surface area (Å²) in [5.41, 5.74) is 0.905. The largest absolute Gasteiger partial charge is 0.237 e. The molecule has 0 aliphatic rings. The van der Waals surface area contributed by atoms with Crippen LogP contribution in [0.3, 0.4) is 0 Å². The van der Waals surface area contributed by atoms with Crippen molar-refractivity contribution in [1.29, 1.82) is 0 Å². The Morgan fingerprint density at radius 3 is 3.09 bits per heavy atom. The maximum atomic E-state index is 5.34. The first-order valence-corrected chi connectivity index (χ1v) is 4.10. The molecular weight excluding hydrogens is 206 g/mol. The van der Waals surface area contributed by atoms with Gasteiger partial charge in [-0.05, 0) is 16.9 Å². The Balaban J connectivity index is 2.82. The lowest BCUT2D eigenvalue weighted by Crippen LogP contribution is -2.22. The van der Waals surface area contributed by atoms with Gasteiger partial charge in [-0.3, -0.25) is 0 Å². The molecule has 56 valence electrons. The van der Waals surface area contributed by atoms with Gasteiger partial charge >= 0.3 is 0 Å². The van der Waals surface area contributed by atoms with Gasteiger partial charge in [0, 0.05) is 10.5 Å². The molecule has 2 nitrogen and oxygen atoms in total. The van der Waals surface area contributed by atoms with Crippen molar-refractivity contribution < 1.29 is 9.26 Å². The molecule has 1 aromatic carbocycles. The van der Waals surface area contributed by atoms with Crippen molar-refractivity contribution in [2.24, 2.45) is 7.05 Å². The van der Waals surface area contributed by atoms with Crippen LogP contribution in [0.1, 0.15) is 0 Å². The monoisotopic (exact) mass is 212 g/mol. The Bertz CT molecular complexity index is 394. The predicted octanol–water partition coefficient (Wildman–Crippen LogP) is 2.02. The lowest BCUT2D eigenvalue weighted by molar-refractivity contribution is -0.841. The first kappa shape index (κ1) is 6.85. The Morgan fingerprint density at radius 1 is 1.45 bits per heavy atom. The highest BCUT2D eigenvalue weighted by Gasteiger charge is 2.05. The minimum Gasteiger partial charge on any atom is -0.237 e. The number of halogens is 1. The van der Waals surface area contributed by atoms with Gasteiger partial charge < -0.3 is 0 Å². The summed E-state index contributed by atoms with van der Waals surface area (Å²) in [6, 6.07) is 5.97. The molecule has 0 aliphatic carbocycles. The van der Waals surface area contributed by atoms with Crippen molar-refractivity contribution in [3.63, 3.8) is 0 Å². The second kappa shape index (κ2) is 2.34. The summed E-state index contributed by atoms with van der Waals surface area (Å²) in [6.45, 7) is 0. The molecule has 0 unspecified atom stereocenters. The van der Waals surface area contributed by atoms with Crippen molar-refractivity contribution in [1.82, 2.24) is 0 Å². The Kier molecular flexibility index (Phi) is 1.46. The molecule has 0 saturated carbocycles. The molecule has 1 heterocycles. The van der Waals surface area contributed by atoms with Gasteiger partial charge in [0.25, 0.3) is 0 Å². The molecule has 0 saturated heterocycles. The van der Waals surface area contributed by atoms with Crippen LogP contribution in [0.5, 0.6) is 0 Å². The summed E-state index contributed by atoms with van der Waals surface area (Å²) in [5.74, 6) is 0. The zero-order chi connectivity index (χ0) is 7.84. The average molecular weight is 213 g/mol. The van der Waals surface area contributed by atoms with Crippen molar-refractivity contribution >= 4 is 26.9 Å². The number of hydrogen-bond donors (Lipinski definition) is 0. The maximum absolute atomic E-state index is 5.34. The molecular formula is C8H7BrNO+. The molecule has 0 bridgehead atoms. The molecule has 0 amide bonds. The number of aromatic nitrogens is 1. The molecule has 11 heavy (non-hydrogen) atoms. The highest BCUT2D eigenvalue weighted by atomic mass is 79.9. The second-order valence-corrected chi connectivity index (χ2v) is 3.36. The van der Waals surface area contributed by atoms with E-state index >= 15 is 0 Å². The zero-order valence-electron chi connectivity index (χ0n) is 6.04. The third-order valence-electron chi connectivity index (χ3n) is 1.54. The van der Waals surface area contributed by atoms with Crippen LogP contribution in [-0.2, 0) is 7.05 Å². The van der Waals surface area contributed by atoms with E-state index in [1.165, 1.54) is 0 Å². The van der Waals surface area contributed by atoms with E-state index in [0.717, 1.165) is 15.4 Å². The van der Waals surface area contributed by atoms with Gasteiger partial charge in [0.05, 0.1) is 5.39 Å². The van der Waals surface area contributed by atoms with Crippen molar-refractivity contribution in [2.75, 3.05) is 0 Å². The summed E-state index contributed by atoms with van der Waals surface area (Å²) in [5, 5.41) is 1.12. The summed E-state index contributed by atoms with van der Waals surface area (Å²) in [7, 11) is 1.87. The molecule has 0 N–H and O–H groups in total. The smallest absolute Gasteiger partial charge is 0.227 e. The van der Waals surface area contributed by atoms with Crippen LogP contribution >= 0.6 is 15.9 Å². The van der Waals surface area contributed by atoms with Crippen molar-refractivity contribution in [2.45, 2.75) is 0 Å². The SMILES string of the molecule is C[n+]1cc2ccc(Br)cc2o1. The lowest BCUT2D eigenvalue weighted by atomic mass is 10.3. The molecule has 0 radical (unpaired) electrons. The van der Waals surface area contributed by atoms with Gasteiger partial charge in [-0.2, -0.15) is 0 Å². The fraction of sp³-hybridized carbons (Fsp3) is 0.125. The van der Waals surface area contributed by atoms with Gasteiger partial charge in [-0.15, -0.1) is 0 Å². The first-order valence-electron chi connectivity index (χ1n) is 3.31. The van der Waals surface area contributed by atoms with E-state index in [4.69, 9.17) is 4.52 Å². The number of aryl methyl sites for hydroxylation is 1. The van der Waals surface area contributed by atoms with Crippen molar-refractivity contribution in [3.05, 3.63) is 28.9 Å². The number of rotatable bonds is 0. The number of hydrogen-bond acceptors (Lipinski definition) is 1. The maximum Gasteiger partial charge on any atom is 0.227 e. The fourth-order valence-electron chi connectivity index (χ4n) is 1.07. The van der Waals surface area contributed by atoms with Crippen LogP contribution in [-0.4, -0.2) is 0 Å². The van der Waals surface area contributed by atoms with Gasteiger partial charge in [0.1, 0.15) is 0 Å². The van der Waals surface area contributed by atoms with E-state index in [1.807, 2.05) is 31.4 Å². The van der Waals surface area contributed by atoms with Crippen molar-refractivity contribution in [3.8, 4) is 0 Å². The second-order valence-electron chi connectivity index (χ2n) is 2.45. The molecule has 0 aliphatic heterocycles. The van der Waals surface area contributed by atoms with E-state index < -0.39 is 0 Å². The number of nitrogens with zero attached hydrogens (tertiary/aromatic N) is 1. The minimum absolute atomic E-state index is 0.905. The Morgan fingerprint density at radius 2 is 2.27 bits per heavy atom. The number of fused-ring (bicyclic) bond motifs is 1. The van der Waals surface area contributed by atoms with Gasteiger partial charge in [-0.1, -0.05) is 15.9 Å². The normalized spacial score (nSPS) is 10.7. The van der Waals surface area contributed by atoms with Crippen LogP contribution in [0.2, 0.25) is 0 Å². The summed E-state index contributed by atoms with van der Waals surface area (Å²) in [6.07, 6.45) is 1.95. The van der Waals surface area contributed by atoms with Crippen LogP contribution < -0.4 is 4.74 Å². The van der Waals surface area contributed by atoms with Crippen LogP contribution in [0.25, 0.3) is 11.0 Å². The minimum atomic E-state index is 0.905. The quantitative estimate of drug-likeness (QED) is 0.612. The van der Waals surface area contributed by atoms with Gasteiger partial charge in [-0.25, -0.2) is 4.52 Å². The van der Waals surface area contributed by atoms with Gasteiger partial charge in [0.2, 0.25) is 11.8 Å². The molecule has 2 rings (SSSR count). The van der Waals surface area contributed by atoms with E-state index in [-0.39, 0.29) is 0 Å². The predicted molar refractivity (Wildman–Crippen MR) is 45.1 cm³/mol. The van der Waals surface area contributed by atoms with E-state index in [2.05, 4.69) is 15.9 Å². The topological polar surface area (TPSA) is 17.0 Å². The molecule has 0 fully saturated rings. The Labute approximate surface area is 72.5 Å². The first-order chi connectivity index (χ1) is 5.25. The third kappa shape index (κ3) is 1.16. The fourth-order valence-corrected chi connectivity index (χ4v) is 1.41. The van der Waals surface area contributed by atoms with Crippen LogP contribution in [0.4, 0.5) is 0 Å².